The summed E-state index contributed by atoms with van der Waals surface area (Å²) in [6.07, 6.45) is 2.97. The number of benzene rings is 2. The molecule has 1 aliphatic rings. The van der Waals surface area contributed by atoms with Crippen molar-refractivity contribution in [3.8, 4) is 22.6 Å². The van der Waals surface area contributed by atoms with Gasteiger partial charge in [-0.2, -0.15) is 0 Å². The molecule has 0 bridgehead atoms. The van der Waals surface area contributed by atoms with E-state index < -0.39 is 0 Å². The maximum Gasteiger partial charge on any atom is 0.150 e. The Balaban J connectivity index is 2.27. The Morgan fingerprint density at radius 2 is 1.79 bits per heavy atom. The van der Waals surface area contributed by atoms with E-state index in [0.29, 0.717) is 36.2 Å². The molecule has 0 aliphatic heterocycles. The molecule has 1 aliphatic carbocycles. The predicted molar refractivity (Wildman–Crippen MR) is 91.5 cm³/mol. The molecule has 0 saturated heterocycles. The van der Waals surface area contributed by atoms with E-state index in [1.807, 2.05) is 13.8 Å². The molecule has 2 aromatic carbocycles. The molecular formula is C20H21FO3. The molecule has 24 heavy (non-hydrogen) atoms. The fourth-order valence-corrected chi connectivity index (χ4v) is 3.01. The van der Waals surface area contributed by atoms with Gasteiger partial charge in [0.1, 0.15) is 17.3 Å². The van der Waals surface area contributed by atoms with E-state index in [0.717, 1.165) is 35.8 Å². The third-order valence-corrected chi connectivity index (χ3v) is 4.15. The van der Waals surface area contributed by atoms with Crippen LogP contribution in [0.25, 0.3) is 11.1 Å². The van der Waals surface area contributed by atoms with Gasteiger partial charge in [0.25, 0.3) is 0 Å². The van der Waals surface area contributed by atoms with Crippen LogP contribution < -0.4 is 9.47 Å². The molecule has 0 radical (unpaired) electrons. The van der Waals surface area contributed by atoms with Gasteiger partial charge in [0.2, 0.25) is 0 Å². The first-order chi connectivity index (χ1) is 11.7. The minimum Gasteiger partial charge on any atom is -0.493 e. The molecule has 0 atom stereocenters. The number of aldehydes is 1. The number of rotatable bonds is 7. The van der Waals surface area contributed by atoms with Gasteiger partial charge in [0.05, 0.1) is 18.8 Å². The summed E-state index contributed by atoms with van der Waals surface area (Å²) in [5, 5.41) is 0. The zero-order valence-corrected chi connectivity index (χ0v) is 14.0. The molecule has 2 aromatic rings. The lowest BCUT2D eigenvalue weighted by Crippen LogP contribution is -2.05. The number of halogens is 1. The summed E-state index contributed by atoms with van der Waals surface area (Å²) in [7, 11) is 0. The molecular weight excluding hydrogens is 307 g/mol. The van der Waals surface area contributed by atoms with Gasteiger partial charge in [-0.05, 0) is 56.4 Å². The Morgan fingerprint density at radius 1 is 1.12 bits per heavy atom. The van der Waals surface area contributed by atoms with Crippen LogP contribution >= 0.6 is 0 Å². The molecule has 0 aromatic heterocycles. The maximum absolute atomic E-state index is 13.3. The molecule has 1 fully saturated rings. The topological polar surface area (TPSA) is 35.5 Å². The standard InChI is InChI=1S/C20H21FO3/c1-3-23-17-11-15(12-22)18(13-5-6-13)20(24-4-2)19(17)14-7-9-16(21)10-8-14/h7-13H,3-6H2,1-2H3. The summed E-state index contributed by atoms with van der Waals surface area (Å²) in [5.74, 6) is 1.35. The minimum atomic E-state index is -0.290. The van der Waals surface area contributed by atoms with E-state index in [9.17, 15) is 9.18 Å². The van der Waals surface area contributed by atoms with Crippen molar-refractivity contribution in [2.24, 2.45) is 0 Å². The molecule has 3 rings (SSSR count). The van der Waals surface area contributed by atoms with Crippen LogP contribution in [0.15, 0.2) is 30.3 Å². The first kappa shape index (κ1) is 16.5. The molecule has 1 saturated carbocycles. The molecule has 3 nitrogen and oxygen atoms in total. The van der Waals surface area contributed by atoms with E-state index in [1.54, 1.807) is 18.2 Å². The molecule has 0 N–H and O–H groups in total. The SMILES string of the molecule is CCOc1cc(C=O)c(C2CC2)c(OCC)c1-c1ccc(F)cc1. The molecule has 0 unspecified atom stereocenters. The summed E-state index contributed by atoms with van der Waals surface area (Å²) in [6.45, 7) is 4.77. The van der Waals surface area contributed by atoms with Crippen LogP contribution in [0.2, 0.25) is 0 Å². The Kier molecular flexibility index (Phi) is 4.84. The fraction of sp³-hybridized carbons (Fsp3) is 0.350. The normalized spacial score (nSPS) is 13.6. The lowest BCUT2D eigenvalue weighted by Gasteiger charge is -2.20. The Labute approximate surface area is 141 Å². The summed E-state index contributed by atoms with van der Waals surface area (Å²) in [4.78, 5) is 11.6. The average Bonchev–Trinajstić information content (AvgIpc) is 3.41. The molecule has 0 heterocycles. The van der Waals surface area contributed by atoms with Crippen LogP contribution in [0.4, 0.5) is 4.39 Å². The minimum absolute atomic E-state index is 0.290. The fourth-order valence-electron chi connectivity index (χ4n) is 3.01. The Hall–Kier alpha value is -2.36. The monoisotopic (exact) mass is 328 g/mol. The van der Waals surface area contributed by atoms with Crippen LogP contribution in [0.3, 0.4) is 0 Å². The van der Waals surface area contributed by atoms with Gasteiger partial charge >= 0.3 is 0 Å². The van der Waals surface area contributed by atoms with Crippen LogP contribution in [-0.4, -0.2) is 19.5 Å². The largest absolute Gasteiger partial charge is 0.493 e. The lowest BCUT2D eigenvalue weighted by atomic mass is 9.94. The van der Waals surface area contributed by atoms with Gasteiger partial charge in [-0.1, -0.05) is 12.1 Å². The zero-order valence-electron chi connectivity index (χ0n) is 14.0. The highest BCUT2D eigenvalue weighted by Crippen LogP contribution is 2.52. The molecule has 0 spiro atoms. The lowest BCUT2D eigenvalue weighted by molar-refractivity contribution is 0.112. The van der Waals surface area contributed by atoms with E-state index in [-0.39, 0.29) is 5.82 Å². The zero-order chi connectivity index (χ0) is 17.1. The summed E-state index contributed by atoms with van der Waals surface area (Å²) >= 11 is 0. The summed E-state index contributed by atoms with van der Waals surface area (Å²) in [6, 6.07) is 8.06. The van der Waals surface area contributed by atoms with Gasteiger partial charge in [-0.3, -0.25) is 4.79 Å². The highest BCUT2D eigenvalue weighted by molar-refractivity contribution is 5.88. The van der Waals surface area contributed by atoms with Crippen LogP contribution in [0.1, 0.15) is 48.5 Å². The second-order valence-corrected chi connectivity index (χ2v) is 5.85. The average molecular weight is 328 g/mol. The van der Waals surface area contributed by atoms with E-state index in [1.165, 1.54) is 12.1 Å². The first-order valence-electron chi connectivity index (χ1n) is 8.37. The van der Waals surface area contributed by atoms with Crippen molar-refractivity contribution in [2.75, 3.05) is 13.2 Å². The van der Waals surface area contributed by atoms with E-state index in [4.69, 9.17) is 9.47 Å². The summed E-state index contributed by atoms with van der Waals surface area (Å²) < 4.78 is 25.1. The molecule has 4 heteroatoms. The predicted octanol–water partition coefficient (Wildman–Crippen LogP) is 4.98. The quantitative estimate of drug-likeness (QED) is 0.672. The number of hydrogen-bond acceptors (Lipinski definition) is 3. The van der Waals surface area contributed by atoms with Gasteiger partial charge in [-0.15, -0.1) is 0 Å². The van der Waals surface area contributed by atoms with Crippen LogP contribution in [-0.2, 0) is 0 Å². The van der Waals surface area contributed by atoms with Gasteiger partial charge in [0.15, 0.2) is 6.29 Å². The van der Waals surface area contributed by atoms with Crippen LogP contribution in [0.5, 0.6) is 11.5 Å². The van der Waals surface area contributed by atoms with Crippen LogP contribution in [0, 0.1) is 5.82 Å². The number of hydrogen-bond donors (Lipinski definition) is 0. The second-order valence-electron chi connectivity index (χ2n) is 5.85. The summed E-state index contributed by atoms with van der Waals surface area (Å²) in [5.41, 5.74) is 3.19. The van der Waals surface area contributed by atoms with Crippen molar-refractivity contribution < 1.29 is 18.7 Å². The van der Waals surface area contributed by atoms with Crippen molar-refractivity contribution in [3.05, 3.63) is 47.3 Å². The van der Waals surface area contributed by atoms with Crippen molar-refractivity contribution in [2.45, 2.75) is 32.6 Å². The maximum atomic E-state index is 13.3. The Bertz CT molecular complexity index is 734. The van der Waals surface area contributed by atoms with Crippen molar-refractivity contribution >= 4 is 6.29 Å². The molecule has 0 amide bonds. The third kappa shape index (κ3) is 3.14. The van der Waals surface area contributed by atoms with E-state index in [2.05, 4.69) is 0 Å². The highest BCUT2D eigenvalue weighted by atomic mass is 19.1. The smallest absolute Gasteiger partial charge is 0.150 e. The van der Waals surface area contributed by atoms with Gasteiger partial charge < -0.3 is 9.47 Å². The Morgan fingerprint density at radius 3 is 2.33 bits per heavy atom. The third-order valence-electron chi connectivity index (χ3n) is 4.15. The number of carbonyl (C=O) groups excluding carboxylic acids is 1. The van der Waals surface area contributed by atoms with Crippen molar-refractivity contribution in [3.63, 3.8) is 0 Å². The molecule has 126 valence electrons. The van der Waals surface area contributed by atoms with E-state index >= 15 is 0 Å². The second kappa shape index (κ2) is 7.04. The van der Waals surface area contributed by atoms with Gasteiger partial charge in [0, 0.05) is 11.1 Å². The van der Waals surface area contributed by atoms with Crippen molar-refractivity contribution in [1.82, 2.24) is 0 Å². The number of carbonyl (C=O) groups is 1. The van der Waals surface area contributed by atoms with Crippen molar-refractivity contribution in [1.29, 1.82) is 0 Å². The van der Waals surface area contributed by atoms with Gasteiger partial charge in [-0.25, -0.2) is 4.39 Å². The highest BCUT2D eigenvalue weighted by Gasteiger charge is 2.32. The first-order valence-corrected chi connectivity index (χ1v) is 8.37. The number of ether oxygens (including phenoxy) is 2.